The monoisotopic (exact) mass is 208 g/mol. The number of rotatable bonds is 2. The Morgan fingerprint density at radius 3 is 1.44 bits per heavy atom. The van der Waals surface area contributed by atoms with Crippen molar-refractivity contribution in [2.24, 2.45) is 0 Å². The Morgan fingerprint density at radius 2 is 1.44 bits per heavy atom. The van der Waals surface area contributed by atoms with Gasteiger partial charge in [0.05, 0.1) is 0 Å². The molecule has 0 aromatic rings. The first-order valence-electron chi connectivity index (χ1n) is 2.57. The summed E-state index contributed by atoms with van der Waals surface area (Å²) in [7, 11) is 0. The fourth-order valence-corrected chi connectivity index (χ4v) is 0.578. The lowest BCUT2D eigenvalue weighted by Gasteiger charge is -2.27. The van der Waals surface area contributed by atoms with E-state index >= 15 is 0 Å². The third-order valence-electron chi connectivity index (χ3n) is 1.09. The van der Waals surface area contributed by atoms with E-state index in [1.165, 1.54) is 0 Å². The molecule has 0 amide bonds. The predicted octanol–water partition coefficient (Wildman–Crippen LogP) is 3.76. The summed E-state index contributed by atoms with van der Waals surface area (Å²) in [4.78, 5) is 0. The minimum Gasteiger partial charge on any atom is -0.0986 e. The van der Waals surface area contributed by atoms with Crippen LogP contribution in [0.1, 0.15) is 20.3 Å². The first-order valence-corrected chi connectivity index (χ1v) is 4.08. The maximum Gasteiger partial charge on any atom is 0.150 e. The molecule has 0 N–H and O–H groups in total. The molecule has 0 unspecified atom stereocenters. The van der Waals surface area contributed by atoms with E-state index in [-0.39, 0.29) is 0 Å². The van der Waals surface area contributed by atoms with Crippen LogP contribution in [0.25, 0.3) is 0 Å². The Kier molecular flexibility index (Phi) is 3.43. The van der Waals surface area contributed by atoms with Crippen molar-refractivity contribution < 1.29 is 0 Å². The Balaban J connectivity index is 4.14. The minimum absolute atomic E-state index is 0.527. The molecule has 0 saturated carbocycles. The van der Waals surface area contributed by atoms with Gasteiger partial charge in [0.1, 0.15) is 8.67 Å². The van der Waals surface area contributed by atoms with Crippen molar-refractivity contribution in [1.82, 2.24) is 0 Å². The second kappa shape index (κ2) is 3.04. The summed E-state index contributed by atoms with van der Waals surface area (Å²) >= 11 is 22.6. The molecule has 0 aromatic heterocycles. The summed E-state index contributed by atoms with van der Waals surface area (Å²) in [5.41, 5.74) is 0. The van der Waals surface area contributed by atoms with Crippen molar-refractivity contribution in [1.29, 1.82) is 0 Å². The third kappa shape index (κ3) is 2.71. The number of hydrogen-bond donors (Lipinski definition) is 0. The normalized spacial score (nSPS) is 14.0. The van der Waals surface area contributed by atoms with Gasteiger partial charge in [0.2, 0.25) is 0 Å². The maximum absolute atomic E-state index is 5.70. The molecule has 0 spiro atoms. The molecule has 0 rings (SSSR count). The molecule has 0 saturated heterocycles. The van der Waals surface area contributed by atoms with Crippen LogP contribution in [0.5, 0.6) is 0 Å². The fraction of sp³-hybridized carbons (Fsp3) is 1.00. The van der Waals surface area contributed by atoms with Crippen LogP contribution in [0, 0.1) is 0 Å². The second-order valence-electron chi connectivity index (χ2n) is 1.95. The predicted molar refractivity (Wildman–Crippen MR) is 44.8 cm³/mol. The Labute approximate surface area is 75.4 Å². The summed E-state index contributed by atoms with van der Waals surface area (Å²) in [5.74, 6) is 0. The Morgan fingerprint density at radius 1 is 1.11 bits per heavy atom. The fourth-order valence-electron chi connectivity index (χ4n) is 0.310. The summed E-state index contributed by atoms with van der Waals surface area (Å²) in [6.45, 7) is 3.39. The van der Waals surface area contributed by atoms with Gasteiger partial charge in [-0.05, 0) is 13.3 Å². The van der Waals surface area contributed by atoms with Crippen molar-refractivity contribution >= 4 is 46.4 Å². The molecule has 0 aromatic carbocycles. The van der Waals surface area contributed by atoms with Crippen LogP contribution in [0.4, 0.5) is 0 Å². The molecular formula is C5H8Cl4. The van der Waals surface area contributed by atoms with Gasteiger partial charge in [0.15, 0.2) is 0 Å². The topological polar surface area (TPSA) is 0 Å². The lowest BCUT2D eigenvalue weighted by molar-refractivity contribution is 0.676. The number of halogens is 4. The molecule has 0 aliphatic rings. The zero-order chi connectivity index (χ0) is 7.71. The van der Waals surface area contributed by atoms with E-state index in [1.807, 2.05) is 6.92 Å². The molecule has 56 valence electrons. The zero-order valence-corrected chi connectivity index (χ0v) is 8.24. The average molecular weight is 210 g/mol. The quantitative estimate of drug-likeness (QED) is 0.608. The van der Waals surface area contributed by atoms with Crippen LogP contribution in [0.3, 0.4) is 0 Å². The molecule has 0 aliphatic heterocycles. The summed E-state index contributed by atoms with van der Waals surface area (Å²) in [6, 6.07) is 0. The molecule has 0 heterocycles. The van der Waals surface area contributed by atoms with Gasteiger partial charge in [-0.15, -0.1) is 0 Å². The molecule has 0 aliphatic carbocycles. The van der Waals surface area contributed by atoms with Crippen LogP contribution < -0.4 is 0 Å². The van der Waals surface area contributed by atoms with Gasteiger partial charge in [0, 0.05) is 0 Å². The highest BCUT2D eigenvalue weighted by Crippen LogP contribution is 2.44. The largest absolute Gasteiger partial charge is 0.150 e. The highest BCUT2D eigenvalue weighted by atomic mass is 35.5. The average Bonchev–Trinajstić information content (AvgIpc) is 1.64. The molecule has 0 bridgehead atoms. The molecule has 0 radical (unpaired) electrons. The van der Waals surface area contributed by atoms with Crippen LogP contribution in [0.2, 0.25) is 0 Å². The van der Waals surface area contributed by atoms with Crippen molar-refractivity contribution in [2.75, 3.05) is 0 Å². The Bertz CT molecular complexity index is 91.6. The highest BCUT2D eigenvalue weighted by Gasteiger charge is 2.41. The molecule has 0 atom stereocenters. The SMILES string of the molecule is CCC(Cl)(Cl)C(C)(Cl)Cl. The van der Waals surface area contributed by atoms with E-state index in [4.69, 9.17) is 46.4 Å². The van der Waals surface area contributed by atoms with Crippen LogP contribution in [-0.2, 0) is 0 Å². The minimum atomic E-state index is -1.08. The first-order chi connectivity index (χ1) is 3.81. The van der Waals surface area contributed by atoms with Crippen LogP contribution in [0.15, 0.2) is 0 Å². The summed E-state index contributed by atoms with van der Waals surface area (Å²) < 4.78 is -2.12. The van der Waals surface area contributed by atoms with Gasteiger partial charge < -0.3 is 0 Å². The standard InChI is InChI=1S/C5H8Cl4/c1-3-5(8,9)4(2,6)7/h3H2,1-2H3. The number of hydrogen-bond acceptors (Lipinski definition) is 0. The van der Waals surface area contributed by atoms with E-state index in [2.05, 4.69) is 0 Å². The smallest absolute Gasteiger partial charge is 0.0986 e. The highest BCUT2D eigenvalue weighted by molar-refractivity contribution is 6.62. The van der Waals surface area contributed by atoms with Crippen molar-refractivity contribution in [3.8, 4) is 0 Å². The van der Waals surface area contributed by atoms with E-state index in [9.17, 15) is 0 Å². The lowest BCUT2D eigenvalue weighted by Crippen LogP contribution is -2.32. The van der Waals surface area contributed by atoms with Crippen molar-refractivity contribution in [3.05, 3.63) is 0 Å². The van der Waals surface area contributed by atoms with Gasteiger partial charge in [-0.2, -0.15) is 0 Å². The van der Waals surface area contributed by atoms with E-state index in [0.29, 0.717) is 6.42 Å². The molecule has 0 fully saturated rings. The number of alkyl halides is 4. The van der Waals surface area contributed by atoms with Crippen molar-refractivity contribution in [2.45, 2.75) is 28.9 Å². The maximum atomic E-state index is 5.70. The van der Waals surface area contributed by atoms with Crippen LogP contribution in [-0.4, -0.2) is 8.67 Å². The molecule has 4 heteroatoms. The van der Waals surface area contributed by atoms with E-state index < -0.39 is 8.67 Å². The molecule has 9 heavy (non-hydrogen) atoms. The van der Waals surface area contributed by atoms with Gasteiger partial charge >= 0.3 is 0 Å². The summed E-state index contributed by atoms with van der Waals surface area (Å²) in [6.07, 6.45) is 0.527. The first kappa shape index (κ1) is 10.2. The Hall–Kier alpha value is 1.16. The van der Waals surface area contributed by atoms with Gasteiger partial charge in [-0.3, -0.25) is 0 Å². The van der Waals surface area contributed by atoms with E-state index in [0.717, 1.165) is 0 Å². The third-order valence-corrected chi connectivity index (χ3v) is 3.41. The van der Waals surface area contributed by atoms with E-state index in [1.54, 1.807) is 6.92 Å². The second-order valence-corrected chi connectivity index (χ2v) is 5.14. The molecule has 0 nitrogen and oxygen atoms in total. The van der Waals surface area contributed by atoms with Crippen LogP contribution >= 0.6 is 46.4 Å². The van der Waals surface area contributed by atoms with Crippen molar-refractivity contribution in [3.63, 3.8) is 0 Å². The summed E-state index contributed by atoms with van der Waals surface area (Å²) in [5, 5.41) is 0. The van der Waals surface area contributed by atoms with Gasteiger partial charge in [0.25, 0.3) is 0 Å². The lowest BCUT2D eigenvalue weighted by atomic mass is 10.2. The zero-order valence-electron chi connectivity index (χ0n) is 5.22. The van der Waals surface area contributed by atoms with Gasteiger partial charge in [-0.25, -0.2) is 0 Å². The molecular weight excluding hydrogens is 202 g/mol. The van der Waals surface area contributed by atoms with Gasteiger partial charge in [-0.1, -0.05) is 53.3 Å².